The number of hydrogen-bond donors (Lipinski definition) is 1. The molecule has 4 nitrogen and oxygen atoms in total. The average molecular weight is 280 g/mol. The molecule has 0 aromatic heterocycles. The molecule has 0 radical (unpaired) electrons. The zero-order chi connectivity index (χ0) is 13.5. The van der Waals surface area contributed by atoms with Crippen LogP contribution < -0.4 is 5.73 Å². The molecule has 7 heteroatoms. The second kappa shape index (κ2) is 7.58. The molecular weight excluding hydrogens is 262 g/mol. The highest BCUT2D eigenvalue weighted by molar-refractivity contribution is 7.80. The fourth-order valence-corrected chi connectivity index (χ4v) is 2.25. The van der Waals surface area contributed by atoms with Crippen LogP contribution in [0.25, 0.3) is 0 Å². The van der Waals surface area contributed by atoms with E-state index < -0.39 is 13.0 Å². The summed E-state index contributed by atoms with van der Waals surface area (Å²) in [7, 11) is 0. The highest BCUT2D eigenvalue weighted by Gasteiger charge is 2.28. The average Bonchev–Trinajstić information content (AvgIpc) is 2.34. The van der Waals surface area contributed by atoms with Gasteiger partial charge in [-0.15, -0.1) is 0 Å². The number of nitrogens with two attached hydrogens (primary N) is 1. The molecule has 0 spiro atoms. The van der Waals surface area contributed by atoms with E-state index >= 15 is 0 Å². The molecule has 2 N–H and O–H groups in total. The van der Waals surface area contributed by atoms with E-state index in [-0.39, 0.29) is 25.0 Å². The first-order chi connectivity index (χ1) is 8.52. The Hall–Kier alpha value is -0.820. The lowest BCUT2D eigenvalue weighted by Gasteiger charge is -2.35. The molecule has 0 bridgehead atoms. The van der Waals surface area contributed by atoms with E-state index in [4.69, 9.17) is 22.7 Å². The van der Waals surface area contributed by atoms with Gasteiger partial charge in [0.15, 0.2) is 0 Å². The summed E-state index contributed by atoms with van der Waals surface area (Å²) >= 11 is 4.93. The standard InChI is InChI=1S/C11H18F2N2O2S/c12-9(13)7-17-6-4-10(16)15-5-2-1-3-8(15)11(14)18/h8-9H,1-7H2,(H2,14,18). The molecule has 1 fully saturated rings. The van der Waals surface area contributed by atoms with E-state index in [9.17, 15) is 13.6 Å². The SMILES string of the molecule is NC(=S)C1CCCCN1C(=O)CCOCC(F)F. The molecule has 1 saturated heterocycles. The number of carbonyl (C=O) groups excluding carboxylic acids is 1. The molecule has 1 atom stereocenters. The summed E-state index contributed by atoms with van der Waals surface area (Å²) in [6.07, 6.45) is 0.278. The maximum atomic E-state index is 11.9. The first-order valence-corrected chi connectivity index (χ1v) is 6.38. The Kier molecular flexibility index (Phi) is 6.42. The predicted octanol–water partition coefficient (Wildman–Crippen LogP) is 1.33. The third kappa shape index (κ3) is 4.81. The van der Waals surface area contributed by atoms with Gasteiger partial charge in [0.1, 0.15) is 6.61 Å². The first kappa shape index (κ1) is 15.2. The molecule has 0 saturated carbocycles. The zero-order valence-corrected chi connectivity index (χ0v) is 10.9. The van der Waals surface area contributed by atoms with Crippen LogP contribution in [0.2, 0.25) is 0 Å². The molecule has 0 aromatic carbocycles. The van der Waals surface area contributed by atoms with Crippen LogP contribution in [0.4, 0.5) is 8.78 Å². The molecule has 1 unspecified atom stereocenters. The van der Waals surface area contributed by atoms with Crippen LogP contribution in [0, 0.1) is 0 Å². The Balaban J connectivity index is 2.36. The van der Waals surface area contributed by atoms with Crippen LogP contribution in [-0.2, 0) is 9.53 Å². The van der Waals surface area contributed by atoms with Crippen molar-refractivity contribution in [3.05, 3.63) is 0 Å². The lowest BCUT2D eigenvalue weighted by molar-refractivity contribution is -0.134. The number of halogens is 2. The third-order valence-corrected chi connectivity index (χ3v) is 3.13. The van der Waals surface area contributed by atoms with Crippen LogP contribution in [0.5, 0.6) is 0 Å². The number of piperidine rings is 1. The molecule has 1 aliphatic heterocycles. The van der Waals surface area contributed by atoms with Gasteiger partial charge in [-0.2, -0.15) is 0 Å². The van der Waals surface area contributed by atoms with E-state index in [1.165, 1.54) is 0 Å². The second-order valence-electron chi connectivity index (χ2n) is 4.22. The van der Waals surface area contributed by atoms with Crippen LogP contribution in [0.15, 0.2) is 0 Å². The highest BCUT2D eigenvalue weighted by Crippen LogP contribution is 2.18. The fraction of sp³-hybridized carbons (Fsp3) is 0.818. The van der Waals surface area contributed by atoms with Crippen LogP contribution in [0.1, 0.15) is 25.7 Å². The normalized spacial score (nSPS) is 20.2. The molecule has 0 aliphatic carbocycles. The fourth-order valence-electron chi connectivity index (χ4n) is 2.00. The Bertz CT molecular complexity index is 303. The number of ether oxygens (including phenoxy) is 1. The van der Waals surface area contributed by atoms with Crippen LogP contribution in [0.3, 0.4) is 0 Å². The number of amides is 1. The number of thiocarbonyl (C=S) groups is 1. The van der Waals surface area contributed by atoms with E-state index in [0.717, 1.165) is 19.3 Å². The summed E-state index contributed by atoms with van der Waals surface area (Å²) in [6, 6.07) is -0.198. The minimum Gasteiger partial charge on any atom is -0.392 e. The van der Waals surface area contributed by atoms with E-state index in [0.29, 0.717) is 11.5 Å². The molecule has 1 amide bonds. The van der Waals surface area contributed by atoms with E-state index in [1.807, 2.05) is 0 Å². The Morgan fingerprint density at radius 2 is 2.22 bits per heavy atom. The van der Waals surface area contributed by atoms with Crippen molar-refractivity contribution in [2.75, 3.05) is 19.8 Å². The van der Waals surface area contributed by atoms with Gasteiger partial charge in [-0.1, -0.05) is 12.2 Å². The summed E-state index contributed by atoms with van der Waals surface area (Å²) in [5.41, 5.74) is 5.60. The maximum absolute atomic E-state index is 11.9. The Morgan fingerprint density at radius 1 is 1.50 bits per heavy atom. The minimum atomic E-state index is -2.50. The number of hydrogen-bond acceptors (Lipinski definition) is 3. The smallest absolute Gasteiger partial charge is 0.261 e. The van der Waals surface area contributed by atoms with E-state index in [2.05, 4.69) is 0 Å². The highest BCUT2D eigenvalue weighted by atomic mass is 32.1. The van der Waals surface area contributed by atoms with Gasteiger partial charge in [0.05, 0.1) is 24.1 Å². The first-order valence-electron chi connectivity index (χ1n) is 5.97. The third-order valence-electron chi connectivity index (χ3n) is 2.86. The zero-order valence-electron chi connectivity index (χ0n) is 10.1. The second-order valence-corrected chi connectivity index (χ2v) is 4.69. The summed E-state index contributed by atoms with van der Waals surface area (Å²) < 4.78 is 28.3. The summed E-state index contributed by atoms with van der Waals surface area (Å²) in [4.78, 5) is 13.9. The van der Waals surface area contributed by atoms with Crippen molar-refractivity contribution >= 4 is 23.1 Å². The van der Waals surface area contributed by atoms with Crippen molar-refractivity contribution in [3.63, 3.8) is 0 Å². The molecule has 0 aromatic rings. The molecule has 1 rings (SSSR count). The minimum absolute atomic E-state index is 0.00370. The van der Waals surface area contributed by atoms with Gasteiger partial charge in [-0.05, 0) is 19.3 Å². The lowest BCUT2D eigenvalue weighted by atomic mass is 10.0. The predicted molar refractivity (Wildman–Crippen MR) is 67.6 cm³/mol. The van der Waals surface area contributed by atoms with Crippen molar-refractivity contribution < 1.29 is 18.3 Å². The number of likely N-dealkylation sites (tertiary alicyclic amines) is 1. The molecule has 18 heavy (non-hydrogen) atoms. The topological polar surface area (TPSA) is 55.6 Å². The number of rotatable bonds is 6. The molecule has 104 valence electrons. The van der Waals surface area contributed by atoms with Gasteiger partial charge in [-0.25, -0.2) is 8.78 Å². The quantitative estimate of drug-likeness (QED) is 0.589. The van der Waals surface area contributed by atoms with Crippen LogP contribution in [-0.4, -0.2) is 48.0 Å². The Morgan fingerprint density at radius 3 is 2.83 bits per heavy atom. The lowest BCUT2D eigenvalue weighted by Crippen LogP contribution is -2.50. The number of nitrogens with zero attached hydrogens (tertiary/aromatic N) is 1. The number of alkyl halides is 2. The van der Waals surface area contributed by atoms with Gasteiger partial charge < -0.3 is 15.4 Å². The van der Waals surface area contributed by atoms with Crippen molar-refractivity contribution in [1.82, 2.24) is 4.90 Å². The van der Waals surface area contributed by atoms with Crippen molar-refractivity contribution in [2.24, 2.45) is 5.73 Å². The van der Waals surface area contributed by atoms with Gasteiger partial charge in [-0.3, -0.25) is 4.79 Å². The van der Waals surface area contributed by atoms with Gasteiger partial charge in [0.25, 0.3) is 6.43 Å². The van der Waals surface area contributed by atoms with Gasteiger partial charge in [0.2, 0.25) is 5.91 Å². The van der Waals surface area contributed by atoms with Crippen molar-refractivity contribution in [3.8, 4) is 0 Å². The van der Waals surface area contributed by atoms with E-state index in [1.54, 1.807) is 4.90 Å². The molecule has 1 aliphatic rings. The molecule has 1 heterocycles. The summed E-state index contributed by atoms with van der Waals surface area (Å²) in [5, 5.41) is 0. The summed E-state index contributed by atoms with van der Waals surface area (Å²) in [6.45, 7) is -0.00851. The largest absolute Gasteiger partial charge is 0.392 e. The maximum Gasteiger partial charge on any atom is 0.261 e. The number of carbonyl (C=O) groups is 1. The summed E-state index contributed by atoms with van der Waals surface area (Å²) in [5.74, 6) is -0.137. The monoisotopic (exact) mass is 280 g/mol. The van der Waals surface area contributed by atoms with Crippen molar-refractivity contribution in [1.29, 1.82) is 0 Å². The van der Waals surface area contributed by atoms with Gasteiger partial charge >= 0.3 is 0 Å². The van der Waals surface area contributed by atoms with Crippen LogP contribution >= 0.6 is 12.2 Å². The molecular formula is C11H18F2N2O2S. The Labute approximate surface area is 110 Å². The van der Waals surface area contributed by atoms with Gasteiger partial charge in [0, 0.05) is 6.54 Å². The van der Waals surface area contributed by atoms with Crippen molar-refractivity contribution in [2.45, 2.75) is 38.2 Å².